The van der Waals surface area contributed by atoms with Gasteiger partial charge in [0.2, 0.25) is 5.91 Å². The quantitative estimate of drug-likeness (QED) is 0.624. The highest BCUT2D eigenvalue weighted by atomic mass is 35.5. The lowest BCUT2D eigenvalue weighted by atomic mass is 10.1. The zero-order chi connectivity index (χ0) is 21.7. The average Bonchev–Trinajstić information content (AvgIpc) is 2.74. The van der Waals surface area contributed by atoms with Crippen LogP contribution in [0.25, 0.3) is 6.08 Å². The summed E-state index contributed by atoms with van der Waals surface area (Å²) >= 11 is 6.29. The van der Waals surface area contributed by atoms with E-state index in [1.807, 2.05) is 17.9 Å². The van der Waals surface area contributed by atoms with Crippen molar-refractivity contribution in [2.45, 2.75) is 20.8 Å². The van der Waals surface area contributed by atoms with E-state index in [4.69, 9.17) is 21.1 Å². The van der Waals surface area contributed by atoms with Gasteiger partial charge in [-0.3, -0.25) is 4.79 Å². The summed E-state index contributed by atoms with van der Waals surface area (Å²) in [4.78, 5) is 16.9. The summed E-state index contributed by atoms with van der Waals surface area (Å²) in [6.45, 7) is 9.74. The van der Waals surface area contributed by atoms with Crippen LogP contribution in [0.2, 0.25) is 5.02 Å². The van der Waals surface area contributed by atoms with Crippen LogP contribution in [0.5, 0.6) is 11.5 Å². The Bertz CT molecular complexity index is 934. The molecule has 5 nitrogen and oxygen atoms in total. The maximum absolute atomic E-state index is 12.7. The molecule has 1 aliphatic rings. The van der Waals surface area contributed by atoms with Gasteiger partial charge in [-0.25, -0.2) is 0 Å². The Labute approximate surface area is 183 Å². The highest BCUT2D eigenvalue weighted by molar-refractivity contribution is 6.32. The molecule has 6 heteroatoms. The standard InChI is InChI=1S/C24H29ClN2O3/c1-5-30-22-16-19(15-20(25)24(22)29-4)9-10-23(28)27-13-11-26(12-14-27)21-8-6-7-17(2)18(21)3/h6-10,15-16H,5,11-14H2,1-4H3/b10-9+. The van der Waals surface area contributed by atoms with Crippen LogP contribution < -0.4 is 14.4 Å². The topological polar surface area (TPSA) is 42.0 Å². The summed E-state index contributed by atoms with van der Waals surface area (Å²) in [5.74, 6) is 1.08. The average molecular weight is 429 g/mol. The minimum atomic E-state index is 0.000476. The molecule has 3 rings (SSSR count). The van der Waals surface area contributed by atoms with E-state index in [9.17, 15) is 4.79 Å². The van der Waals surface area contributed by atoms with Crippen molar-refractivity contribution >= 4 is 29.3 Å². The van der Waals surface area contributed by atoms with Gasteiger partial charge in [-0.2, -0.15) is 0 Å². The first-order chi connectivity index (χ1) is 14.4. The van der Waals surface area contributed by atoms with E-state index >= 15 is 0 Å². The predicted molar refractivity (Wildman–Crippen MR) is 123 cm³/mol. The van der Waals surface area contributed by atoms with Crippen molar-refractivity contribution in [1.29, 1.82) is 0 Å². The molecule has 0 saturated carbocycles. The first-order valence-electron chi connectivity index (χ1n) is 10.2. The van der Waals surface area contributed by atoms with Gasteiger partial charge >= 0.3 is 0 Å². The highest BCUT2D eigenvalue weighted by Crippen LogP contribution is 2.36. The fourth-order valence-electron chi connectivity index (χ4n) is 3.66. The highest BCUT2D eigenvalue weighted by Gasteiger charge is 2.21. The van der Waals surface area contributed by atoms with Gasteiger partial charge in [0.25, 0.3) is 0 Å². The fourth-order valence-corrected chi connectivity index (χ4v) is 3.96. The maximum Gasteiger partial charge on any atom is 0.246 e. The number of nitrogens with zero attached hydrogens (tertiary/aromatic N) is 2. The van der Waals surface area contributed by atoms with Crippen LogP contribution in [0.1, 0.15) is 23.6 Å². The third-order valence-electron chi connectivity index (χ3n) is 5.46. The lowest BCUT2D eigenvalue weighted by Crippen LogP contribution is -2.48. The van der Waals surface area contributed by atoms with Crippen LogP contribution in [0.15, 0.2) is 36.4 Å². The van der Waals surface area contributed by atoms with Crippen LogP contribution in [-0.4, -0.2) is 50.7 Å². The predicted octanol–water partition coefficient (Wildman–Crippen LogP) is 4.73. The number of hydrogen-bond acceptors (Lipinski definition) is 4. The van der Waals surface area contributed by atoms with Crippen LogP contribution in [0, 0.1) is 13.8 Å². The SMILES string of the molecule is CCOc1cc(/C=C/C(=O)N2CCN(c3cccc(C)c3C)CC2)cc(Cl)c1OC. The third kappa shape index (κ3) is 4.90. The number of ether oxygens (including phenoxy) is 2. The van der Waals surface area contributed by atoms with Gasteiger partial charge in [-0.15, -0.1) is 0 Å². The molecule has 1 fully saturated rings. The maximum atomic E-state index is 12.7. The van der Waals surface area contributed by atoms with E-state index in [0.29, 0.717) is 36.2 Å². The van der Waals surface area contributed by atoms with Crippen LogP contribution in [0.3, 0.4) is 0 Å². The van der Waals surface area contributed by atoms with E-state index < -0.39 is 0 Å². The minimum absolute atomic E-state index is 0.000476. The number of carbonyl (C=O) groups is 1. The molecule has 1 saturated heterocycles. The molecule has 2 aromatic carbocycles. The van der Waals surface area contributed by atoms with Crippen LogP contribution in [0.4, 0.5) is 5.69 Å². The molecule has 0 unspecified atom stereocenters. The molecule has 1 heterocycles. The molecule has 1 aliphatic heterocycles. The molecule has 0 bridgehead atoms. The molecule has 0 spiro atoms. The first kappa shape index (κ1) is 22.0. The van der Waals surface area contributed by atoms with Gasteiger partial charge in [-0.1, -0.05) is 23.7 Å². The molecule has 0 aromatic heterocycles. The number of piperazine rings is 1. The molecule has 30 heavy (non-hydrogen) atoms. The Balaban J connectivity index is 1.65. The zero-order valence-electron chi connectivity index (χ0n) is 18.1. The number of carbonyl (C=O) groups excluding carboxylic acids is 1. The van der Waals surface area contributed by atoms with Crippen LogP contribution in [-0.2, 0) is 4.79 Å². The lowest BCUT2D eigenvalue weighted by molar-refractivity contribution is -0.126. The van der Waals surface area contributed by atoms with Gasteiger partial charge in [0, 0.05) is 37.9 Å². The first-order valence-corrected chi connectivity index (χ1v) is 10.6. The van der Waals surface area contributed by atoms with Crippen molar-refractivity contribution in [3.8, 4) is 11.5 Å². The monoisotopic (exact) mass is 428 g/mol. The number of anilines is 1. The number of hydrogen-bond donors (Lipinski definition) is 0. The normalized spacial score (nSPS) is 14.3. The summed E-state index contributed by atoms with van der Waals surface area (Å²) in [5.41, 5.74) is 4.65. The van der Waals surface area contributed by atoms with E-state index in [-0.39, 0.29) is 5.91 Å². The van der Waals surface area contributed by atoms with E-state index in [0.717, 1.165) is 18.7 Å². The van der Waals surface area contributed by atoms with Crippen molar-refractivity contribution in [3.05, 3.63) is 58.1 Å². The summed E-state index contributed by atoms with van der Waals surface area (Å²) in [7, 11) is 1.56. The Kier molecular flexibility index (Phi) is 7.27. The smallest absolute Gasteiger partial charge is 0.246 e. The summed E-state index contributed by atoms with van der Waals surface area (Å²) in [6.07, 6.45) is 3.37. The Hall–Kier alpha value is -2.66. The number of aryl methyl sites for hydroxylation is 1. The number of methoxy groups -OCH3 is 1. The fraction of sp³-hybridized carbons (Fsp3) is 0.375. The second-order valence-electron chi connectivity index (χ2n) is 7.33. The van der Waals surface area contributed by atoms with Crippen LogP contribution >= 0.6 is 11.6 Å². The molecule has 0 N–H and O–H groups in total. The molecule has 1 amide bonds. The summed E-state index contributed by atoms with van der Waals surface area (Å²) in [5, 5.41) is 0.456. The number of rotatable bonds is 6. The summed E-state index contributed by atoms with van der Waals surface area (Å²) in [6, 6.07) is 9.98. The van der Waals surface area contributed by atoms with E-state index in [1.54, 1.807) is 25.3 Å². The van der Waals surface area contributed by atoms with Crippen molar-refractivity contribution < 1.29 is 14.3 Å². The van der Waals surface area contributed by atoms with E-state index in [2.05, 4.69) is 36.9 Å². The van der Waals surface area contributed by atoms with Gasteiger partial charge in [-0.05, 0) is 61.7 Å². The molecule has 0 aliphatic carbocycles. The van der Waals surface area contributed by atoms with Crippen molar-refractivity contribution in [3.63, 3.8) is 0 Å². The summed E-state index contributed by atoms with van der Waals surface area (Å²) < 4.78 is 10.9. The largest absolute Gasteiger partial charge is 0.491 e. The van der Waals surface area contributed by atoms with E-state index in [1.165, 1.54) is 16.8 Å². The Morgan fingerprint density at radius 2 is 1.90 bits per heavy atom. The van der Waals surface area contributed by atoms with Crippen molar-refractivity contribution in [1.82, 2.24) is 4.90 Å². The number of benzene rings is 2. The second kappa shape index (κ2) is 9.90. The molecule has 0 atom stereocenters. The van der Waals surface area contributed by atoms with Gasteiger partial charge in [0.15, 0.2) is 11.5 Å². The van der Waals surface area contributed by atoms with Crippen molar-refractivity contribution in [2.75, 3.05) is 44.8 Å². The Morgan fingerprint density at radius 3 is 2.57 bits per heavy atom. The molecule has 0 radical (unpaired) electrons. The molecular weight excluding hydrogens is 400 g/mol. The molecule has 160 valence electrons. The molecule has 2 aromatic rings. The van der Waals surface area contributed by atoms with Gasteiger partial charge in [0.05, 0.1) is 18.7 Å². The number of amides is 1. The minimum Gasteiger partial charge on any atom is -0.491 e. The number of halogens is 1. The van der Waals surface area contributed by atoms with Crippen molar-refractivity contribution in [2.24, 2.45) is 0 Å². The molecular formula is C24H29ClN2O3. The Morgan fingerprint density at radius 1 is 1.17 bits per heavy atom. The second-order valence-corrected chi connectivity index (χ2v) is 7.74. The lowest BCUT2D eigenvalue weighted by Gasteiger charge is -2.36. The third-order valence-corrected chi connectivity index (χ3v) is 5.74. The van der Waals surface area contributed by atoms with Gasteiger partial charge < -0.3 is 19.3 Å². The zero-order valence-corrected chi connectivity index (χ0v) is 18.8. The van der Waals surface area contributed by atoms with Gasteiger partial charge in [0.1, 0.15) is 0 Å².